The molecule has 2 aromatic heterocycles. The van der Waals surface area contributed by atoms with Crippen LogP contribution in [0.1, 0.15) is 36.4 Å². The van der Waals surface area contributed by atoms with Crippen molar-refractivity contribution in [2.45, 2.75) is 32.2 Å². The van der Waals surface area contributed by atoms with Gasteiger partial charge in [0, 0.05) is 24.4 Å². The molecular weight excluding hydrogens is 288 g/mol. The van der Waals surface area contributed by atoms with Gasteiger partial charge >= 0.3 is 0 Å². The molecule has 20 heavy (non-hydrogen) atoms. The quantitative estimate of drug-likeness (QED) is 0.884. The average Bonchev–Trinajstić information content (AvgIpc) is 2.99. The Labute approximate surface area is 127 Å². The van der Waals surface area contributed by atoms with Crippen LogP contribution in [0.2, 0.25) is 0 Å². The second kappa shape index (κ2) is 5.79. The highest BCUT2D eigenvalue weighted by atomic mass is 32.1. The minimum Gasteiger partial charge on any atom is -0.362 e. The third-order valence-electron chi connectivity index (χ3n) is 3.18. The summed E-state index contributed by atoms with van der Waals surface area (Å²) in [6.45, 7) is 3.92. The molecule has 0 saturated heterocycles. The smallest absolute Gasteiger partial charge is 0.183 e. The number of nitrogens with zero attached hydrogens (tertiary/aromatic N) is 3. The fourth-order valence-corrected chi connectivity index (χ4v) is 4.22. The Kier molecular flexibility index (Phi) is 4.05. The Morgan fingerprint density at radius 3 is 2.80 bits per heavy atom. The molecule has 0 radical (unpaired) electrons. The summed E-state index contributed by atoms with van der Waals surface area (Å²) in [4.78, 5) is 13.0. The number of aromatic nitrogens is 2. The summed E-state index contributed by atoms with van der Waals surface area (Å²) in [6.07, 6.45) is 2.56. The van der Waals surface area contributed by atoms with Crippen LogP contribution >= 0.6 is 22.7 Å². The van der Waals surface area contributed by atoms with Crippen molar-refractivity contribution < 1.29 is 0 Å². The zero-order valence-corrected chi connectivity index (χ0v) is 13.8. The van der Waals surface area contributed by atoms with Crippen molar-refractivity contribution in [2.24, 2.45) is 0 Å². The van der Waals surface area contributed by atoms with Gasteiger partial charge in [-0.2, -0.15) is 0 Å². The first-order chi connectivity index (χ1) is 9.67. The molecule has 1 aliphatic rings. The van der Waals surface area contributed by atoms with Crippen LogP contribution in [0.3, 0.4) is 0 Å². The van der Waals surface area contributed by atoms with E-state index in [9.17, 15) is 0 Å². The molecule has 0 atom stereocenters. The predicted molar refractivity (Wildman–Crippen MR) is 86.8 cm³/mol. The SMILES string of the molecule is CCNc1nc(-c2sc(CN(C)C)nc2C2CC2)cs1. The van der Waals surface area contributed by atoms with E-state index in [0.717, 1.165) is 23.9 Å². The average molecular weight is 308 g/mol. The third kappa shape index (κ3) is 3.02. The van der Waals surface area contributed by atoms with Crippen LogP contribution in [0.5, 0.6) is 0 Å². The number of anilines is 1. The van der Waals surface area contributed by atoms with E-state index in [-0.39, 0.29) is 0 Å². The van der Waals surface area contributed by atoms with E-state index in [4.69, 9.17) is 9.97 Å². The number of thiazole rings is 2. The molecule has 0 aromatic carbocycles. The lowest BCUT2D eigenvalue weighted by Gasteiger charge is -2.04. The van der Waals surface area contributed by atoms with Crippen molar-refractivity contribution in [1.29, 1.82) is 0 Å². The first kappa shape index (κ1) is 14.0. The maximum Gasteiger partial charge on any atom is 0.183 e. The highest BCUT2D eigenvalue weighted by Gasteiger charge is 2.30. The largest absolute Gasteiger partial charge is 0.362 e. The summed E-state index contributed by atoms with van der Waals surface area (Å²) in [5.41, 5.74) is 2.37. The second-order valence-electron chi connectivity index (χ2n) is 5.40. The van der Waals surface area contributed by atoms with Crippen LogP contribution in [-0.4, -0.2) is 35.5 Å². The van der Waals surface area contributed by atoms with E-state index in [0.29, 0.717) is 5.92 Å². The molecule has 2 heterocycles. The topological polar surface area (TPSA) is 41.1 Å². The molecule has 0 amide bonds. The Balaban J connectivity index is 1.91. The first-order valence-corrected chi connectivity index (χ1v) is 8.71. The molecular formula is C14H20N4S2. The summed E-state index contributed by atoms with van der Waals surface area (Å²) < 4.78 is 0. The molecule has 1 fully saturated rings. The van der Waals surface area contributed by atoms with E-state index in [1.54, 1.807) is 22.7 Å². The molecule has 2 aromatic rings. The summed E-state index contributed by atoms with van der Waals surface area (Å²) in [6, 6.07) is 0. The van der Waals surface area contributed by atoms with Gasteiger partial charge < -0.3 is 10.2 Å². The van der Waals surface area contributed by atoms with Crippen molar-refractivity contribution in [1.82, 2.24) is 14.9 Å². The number of nitrogens with one attached hydrogen (secondary N) is 1. The van der Waals surface area contributed by atoms with Gasteiger partial charge in [0.2, 0.25) is 0 Å². The van der Waals surface area contributed by atoms with Crippen LogP contribution in [0.4, 0.5) is 5.13 Å². The Hall–Kier alpha value is -0.980. The van der Waals surface area contributed by atoms with E-state index in [1.807, 2.05) is 0 Å². The van der Waals surface area contributed by atoms with Gasteiger partial charge in [0.25, 0.3) is 0 Å². The molecule has 0 unspecified atom stereocenters. The molecule has 0 bridgehead atoms. The van der Waals surface area contributed by atoms with Crippen LogP contribution in [-0.2, 0) is 6.54 Å². The van der Waals surface area contributed by atoms with Gasteiger partial charge in [-0.3, -0.25) is 0 Å². The standard InChI is InChI=1S/C14H20N4S2/c1-4-15-14-16-10(8-19-14)13-12(9-5-6-9)17-11(20-13)7-18(2)3/h8-9H,4-7H2,1-3H3,(H,15,16). The van der Waals surface area contributed by atoms with Gasteiger partial charge in [-0.05, 0) is 33.9 Å². The highest BCUT2D eigenvalue weighted by Crippen LogP contribution is 2.46. The van der Waals surface area contributed by atoms with Crippen molar-refractivity contribution >= 4 is 27.8 Å². The van der Waals surface area contributed by atoms with Gasteiger partial charge in [0.05, 0.1) is 16.3 Å². The summed E-state index contributed by atoms with van der Waals surface area (Å²) >= 11 is 3.48. The van der Waals surface area contributed by atoms with Gasteiger partial charge in [-0.25, -0.2) is 9.97 Å². The predicted octanol–water partition coefficient (Wildman–Crippen LogP) is 3.64. The lowest BCUT2D eigenvalue weighted by molar-refractivity contribution is 0.401. The van der Waals surface area contributed by atoms with Crippen LogP contribution in [0, 0.1) is 0 Å². The van der Waals surface area contributed by atoms with E-state index >= 15 is 0 Å². The fourth-order valence-electron chi connectivity index (χ4n) is 2.14. The minimum atomic E-state index is 0.668. The van der Waals surface area contributed by atoms with Crippen molar-refractivity contribution in [2.75, 3.05) is 26.0 Å². The van der Waals surface area contributed by atoms with Crippen LogP contribution < -0.4 is 5.32 Å². The van der Waals surface area contributed by atoms with Crippen molar-refractivity contribution in [3.05, 3.63) is 16.1 Å². The third-order valence-corrected chi connectivity index (χ3v) is 5.06. The molecule has 1 aliphatic carbocycles. The minimum absolute atomic E-state index is 0.668. The summed E-state index contributed by atoms with van der Waals surface area (Å²) in [5, 5.41) is 7.64. The highest BCUT2D eigenvalue weighted by molar-refractivity contribution is 7.16. The monoisotopic (exact) mass is 308 g/mol. The van der Waals surface area contributed by atoms with Gasteiger partial charge in [0.1, 0.15) is 5.01 Å². The molecule has 4 nitrogen and oxygen atoms in total. The van der Waals surface area contributed by atoms with E-state index in [1.165, 1.54) is 28.4 Å². The number of rotatable bonds is 6. The van der Waals surface area contributed by atoms with Crippen molar-refractivity contribution in [3.63, 3.8) is 0 Å². The Morgan fingerprint density at radius 2 is 2.15 bits per heavy atom. The molecule has 3 rings (SSSR count). The van der Waals surface area contributed by atoms with E-state index < -0.39 is 0 Å². The maximum absolute atomic E-state index is 4.87. The van der Waals surface area contributed by atoms with Crippen LogP contribution in [0.25, 0.3) is 10.6 Å². The Bertz CT molecular complexity index is 584. The molecule has 108 valence electrons. The lowest BCUT2D eigenvalue weighted by Crippen LogP contribution is -2.10. The molecule has 1 saturated carbocycles. The molecule has 1 N–H and O–H groups in total. The number of hydrogen-bond acceptors (Lipinski definition) is 6. The second-order valence-corrected chi connectivity index (χ2v) is 7.34. The first-order valence-electron chi connectivity index (χ1n) is 7.01. The fraction of sp³-hybridized carbons (Fsp3) is 0.571. The molecule has 6 heteroatoms. The van der Waals surface area contributed by atoms with Gasteiger partial charge in [-0.1, -0.05) is 0 Å². The summed E-state index contributed by atoms with van der Waals surface area (Å²) in [7, 11) is 4.17. The number of hydrogen-bond donors (Lipinski definition) is 1. The van der Waals surface area contributed by atoms with Crippen molar-refractivity contribution in [3.8, 4) is 10.6 Å². The lowest BCUT2D eigenvalue weighted by atomic mass is 10.2. The Morgan fingerprint density at radius 1 is 1.35 bits per heavy atom. The van der Waals surface area contributed by atoms with Crippen LogP contribution in [0.15, 0.2) is 5.38 Å². The van der Waals surface area contributed by atoms with Gasteiger partial charge in [-0.15, -0.1) is 22.7 Å². The maximum atomic E-state index is 4.87. The zero-order chi connectivity index (χ0) is 14.1. The summed E-state index contributed by atoms with van der Waals surface area (Å²) in [5.74, 6) is 0.668. The normalized spacial score (nSPS) is 15.0. The zero-order valence-electron chi connectivity index (χ0n) is 12.1. The molecule has 0 spiro atoms. The molecule has 0 aliphatic heterocycles. The van der Waals surface area contributed by atoms with E-state index in [2.05, 4.69) is 36.6 Å². The van der Waals surface area contributed by atoms with Gasteiger partial charge in [0.15, 0.2) is 5.13 Å².